The second-order valence-corrected chi connectivity index (χ2v) is 3.90. The fraction of sp³-hybridized carbons (Fsp3) is 0.231. The van der Waals surface area contributed by atoms with Crippen molar-refractivity contribution in [2.75, 3.05) is 0 Å². The van der Waals surface area contributed by atoms with Gasteiger partial charge in [0.2, 0.25) is 0 Å². The molecule has 0 atom stereocenters. The highest BCUT2D eigenvalue weighted by Crippen LogP contribution is 2.31. The predicted molar refractivity (Wildman–Crippen MR) is 61.7 cm³/mol. The maximum atomic E-state index is 5.33. The van der Waals surface area contributed by atoms with E-state index in [1.165, 1.54) is 11.1 Å². The third kappa shape index (κ3) is 1.24. The van der Waals surface area contributed by atoms with E-state index in [4.69, 9.17) is 6.42 Å². The molecule has 1 aliphatic carbocycles. The van der Waals surface area contributed by atoms with Crippen LogP contribution in [0.3, 0.4) is 0 Å². The average Bonchev–Trinajstić information content (AvgIpc) is 2.73. The van der Waals surface area contributed by atoms with Gasteiger partial charge < -0.3 is 0 Å². The van der Waals surface area contributed by atoms with E-state index in [1.54, 1.807) is 0 Å². The van der Waals surface area contributed by atoms with Gasteiger partial charge in [-0.15, -0.1) is 11.5 Å². The smallest absolute Gasteiger partial charge is 0.104 e. The molecule has 1 aliphatic rings. The largest absolute Gasteiger partial charge is 0.232 e. The van der Waals surface area contributed by atoms with Crippen molar-refractivity contribution in [2.45, 2.75) is 19.4 Å². The maximum Gasteiger partial charge on any atom is 0.104 e. The van der Waals surface area contributed by atoms with Crippen molar-refractivity contribution in [1.82, 2.24) is 15.0 Å². The van der Waals surface area contributed by atoms with E-state index in [-0.39, 0.29) is 0 Å². The summed E-state index contributed by atoms with van der Waals surface area (Å²) in [5.41, 5.74) is 4.74. The summed E-state index contributed by atoms with van der Waals surface area (Å²) >= 11 is 0. The number of rotatable bonds is 1. The summed E-state index contributed by atoms with van der Waals surface area (Å²) in [5.74, 6) is 2.61. The van der Waals surface area contributed by atoms with Gasteiger partial charge in [0.15, 0.2) is 0 Å². The number of hydrogen-bond acceptors (Lipinski definition) is 2. The Bertz CT molecular complexity index is 575. The number of hydrogen-bond donors (Lipinski definition) is 0. The molecule has 2 aromatic rings. The van der Waals surface area contributed by atoms with Crippen LogP contribution in [-0.2, 0) is 19.4 Å². The second-order valence-electron chi connectivity index (χ2n) is 3.90. The van der Waals surface area contributed by atoms with Crippen LogP contribution in [0.15, 0.2) is 24.3 Å². The molecule has 0 N–H and O–H groups in total. The lowest BCUT2D eigenvalue weighted by Crippen LogP contribution is -2.07. The van der Waals surface area contributed by atoms with Crippen LogP contribution in [0.1, 0.15) is 11.3 Å². The normalized spacial score (nSPS) is 12.7. The standard InChI is InChI=1S/C13H11N3/c1-2-9-16-13-11-6-4-3-5-10(11)7-8-12(13)14-15-16/h1,3-6H,7-9H2. The van der Waals surface area contributed by atoms with E-state index in [2.05, 4.69) is 34.4 Å². The number of aryl methyl sites for hydroxylation is 2. The highest BCUT2D eigenvalue weighted by atomic mass is 15.4. The van der Waals surface area contributed by atoms with Gasteiger partial charge in [0, 0.05) is 5.56 Å². The summed E-state index contributed by atoms with van der Waals surface area (Å²) in [6.07, 6.45) is 7.33. The minimum atomic E-state index is 0.483. The Morgan fingerprint density at radius 3 is 3.06 bits per heavy atom. The molecule has 0 spiro atoms. The Hall–Kier alpha value is -2.08. The number of nitrogens with zero attached hydrogens (tertiary/aromatic N) is 3. The zero-order chi connectivity index (χ0) is 11.0. The molecule has 0 saturated heterocycles. The van der Waals surface area contributed by atoms with Crippen LogP contribution in [0.4, 0.5) is 0 Å². The molecule has 0 unspecified atom stereocenters. The van der Waals surface area contributed by atoms with Crippen LogP contribution in [0.2, 0.25) is 0 Å². The maximum absolute atomic E-state index is 5.33. The minimum absolute atomic E-state index is 0.483. The summed E-state index contributed by atoms with van der Waals surface area (Å²) in [6.45, 7) is 0.483. The molecule has 0 bridgehead atoms. The third-order valence-electron chi connectivity index (χ3n) is 2.95. The molecular weight excluding hydrogens is 198 g/mol. The van der Waals surface area contributed by atoms with Crippen molar-refractivity contribution in [1.29, 1.82) is 0 Å². The summed E-state index contributed by atoms with van der Waals surface area (Å²) in [4.78, 5) is 0. The van der Waals surface area contributed by atoms with Gasteiger partial charge in [0.1, 0.15) is 6.54 Å². The number of fused-ring (bicyclic) bond motifs is 3. The molecule has 1 heterocycles. The molecule has 1 aromatic carbocycles. The zero-order valence-corrected chi connectivity index (χ0v) is 8.85. The van der Waals surface area contributed by atoms with E-state index >= 15 is 0 Å². The van der Waals surface area contributed by atoms with Gasteiger partial charge in [-0.05, 0) is 18.4 Å². The first kappa shape index (κ1) is 9.17. The van der Waals surface area contributed by atoms with Gasteiger partial charge in [-0.2, -0.15) is 0 Å². The van der Waals surface area contributed by atoms with Gasteiger partial charge in [0.05, 0.1) is 11.4 Å². The predicted octanol–water partition coefficient (Wildman–Crippen LogP) is 1.68. The van der Waals surface area contributed by atoms with Gasteiger partial charge in [-0.3, -0.25) is 0 Å². The monoisotopic (exact) mass is 209 g/mol. The fourth-order valence-corrected chi connectivity index (χ4v) is 2.23. The van der Waals surface area contributed by atoms with Crippen LogP contribution >= 0.6 is 0 Å². The number of benzene rings is 1. The van der Waals surface area contributed by atoms with Crippen LogP contribution in [-0.4, -0.2) is 15.0 Å². The number of aromatic nitrogens is 3. The van der Waals surface area contributed by atoms with Crippen molar-refractivity contribution in [3.05, 3.63) is 35.5 Å². The Morgan fingerprint density at radius 1 is 1.31 bits per heavy atom. The number of terminal acetylenes is 1. The lowest BCUT2D eigenvalue weighted by Gasteiger charge is -2.15. The zero-order valence-electron chi connectivity index (χ0n) is 8.85. The van der Waals surface area contributed by atoms with E-state index in [9.17, 15) is 0 Å². The second kappa shape index (κ2) is 3.49. The highest BCUT2D eigenvalue weighted by Gasteiger charge is 2.21. The Kier molecular flexibility index (Phi) is 2.00. The first-order chi connectivity index (χ1) is 7.90. The summed E-state index contributed by atoms with van der Waals surface area (Å²) in [5, 5.41) is 8.30. The quantitative estimate of drug-likeness (QED) is 0.669. The van der Waals surface area contributed by atoms with Gasteiger partial charge in [0.25, 0.3) is 0 Å². The van der Waals surface area contributed by atoms with Gasteiger partial charge in [-0.25, -0.2) is 4.68 Å². The SMILES string of the molecule is C#CCn1nnc2c1-c1ccccc1CC2. The van der Waals surface area contributed by atoms with Gasteiger partial charge >= 0.3 is 0 Å². The van der Waals surface area contributed by atoms with Crippen molar-refractivity contribution in [3.8, 4) is 23.6 Å². The molecule has 0 saturated carbocycles. The van der Waals surface area contributed by atoms with Crippen LogP contribution < -0.4 is 0 Å². The molecule has 0 amide bonds. The van der Waals surface area contributed by atoms with Crippen molar-refractivity contribution in [2.24, 2.45) is 0 Å². The average molecular weight is 209 g/mol. The molecule has 0 radical (unpaired) electrons. The van der Waals surface area contributed by atoms with E-state index < -0.39 is 0 Å². The fourth-order valence-electron chi connectivity index (χ4n) is 2.23. The van der Waals surface area contributed by atoms with Crippen LogP contribution in [0.5, 0.6) is 0 Å². The molecule has 16 heavy (non-hydrogen) atoms. The first-order valence-corrected chi connectivity index (χ1v) is 5.34. The molecule has 1 aromatic heterocycles. The Morgan fingerprint density at radius 2 is 2.19 bits per heavy atom. The van der Waals surface area contributed by atoms with Crippen molar-refractivity contribution in [3.63, 3.8) is 0 Å². The third-order valence-corrected chi connectivity index (χ3v) is 2.95. The summed E-state index contributed by atoms with van der Waals surface area (Å²) < 4.78 is 1.81. The van der Waals surface area contributed by atoms with E-state index in [0.717, 1.165) is 24.2 Å². The Balaban J connectivity index is 2.22. The summed E-state index contributed by atoms with van der Waals surface area (Å²) in [6, 6.07) is 8.38. The van der Waals surface area contributed by atoms with Crippen molar-refractivity contribution < 1.29 is 0 Å². The van der Waals surface area contributed by atoms with Crippen LogP contribution in [0, 0.1) is 12.3 Å². The Labute approximate surface area is 94.1 Å². The molecule has 3 rings (SSSR count). The van der Waals surface area contributed by atoms with Gasteiger partial charge in [-0.1, -0.05) is 35.4 Å². The van der Waals surface area contributed by atoms with E-state index in [0.29, 0.717) is 6.54 Å². The van der Waals surface area contributed by atoms with Crippen LogP contribution in [0.25, 0.3) is 11.3 Å². The van der Waals surface area contributed by atoms with E-state index in [1.807, 2.05) is 10.7 Å². The topological polar surface area (TPSA) is 30.7 Å². The lowest BCUT2D eigenvalue weighted by atomic mass is 9.92. The van der Waals surface area contributed by atoms with Crippen molar-refractivity contribution >= 4 is 0 Å². The highest BCUT2D eigenvalue weighted by molar-refractivity contribution is 5.68. The first-order valence-electron chi connectivity index (χ1n) is 5.34. The molecule has 3 heteroatoms. The molecule has 0 aliphatic heterocycles. The minimum Gasteiger partial charge on any atom is -0.232 e. The lowest BCUT2D eigenvalue weighted by molar-refractivity contribution is 0.678. The summed E-state index contributed by atoms with van der Waals surface area (Å²) in [7, 11) is 0. The molecule has 78 valence electrons. The molecule has 3 nitrogen and oxygen atoms in total. The molecule has 0 fully saturated rings. The molecular formula is C13H11N3.